The van der Waals surface area contributed by atoms with Gasteiger partial charge < -0.3 is 19.7 Å². The Hall–Kier alpha value is -2.06. The van der Waals surface area contributed by atoms with E-state index in [1.807, 2.05) is 0 Å². The van der Waals surface area contributed by atoms with Crippen LogP contribution in [0.2, 0.25) is 0 Å². The zero-order valence-electron chi connectivity index (χ0n) is 10.3. The summed E-state index contributed by atoms with van der Waals surface area (Å²) in [5.74, 6) is 1.24. The number of rotatable bonds is 3. The van der Waals surface area contributed by atoms with Crippen LogP contribution in [-0.2, 0) is 0 Å². The summed E-state index contributed by atoms with van der Waals surface area (Å²) in [7, 11) is 1.52. The predicted molar refractivity (Wildman–Crippen MR) is 63.2 cm³/mol. The summed E-state index contributed by atoms with van der Waals surface area (Å²) < 4.78 is 10.1. The highest BCUT2D eigenvalue weighted by molar-refractivity contribution is 5.47. The molecule has 3 rings (SSSR count). The van der Waals surface area contributed by atoms with Crippen molar-refractivity contribution < 1.29 is 14.4 Å². The van der Waals surface area contributed by atoms with E-state index in [0.29, 0.717) is 36.3 Å². The van der Waals surface area contributed by atoms with E-state index >= 15 is 0 Å². The number of aliphatic hydroxyl groups excluding tert-OH is 1. The van der Waals surface area contributed by atoms with Crippen molar-refractivity contribution in [1.82, 2.24) is 25.7 Å². The van der Waals surface area contributed by atoms with Gasteiger partial charge in [0.1, 0.15) is 5.69 Å². The molecule has 0 saturated carbocycles. The third kappa shape index (κ3) is 2.40. The molecule has 1 saturated heterocycles. The highest BCUT2D eigenvalue weighted by Crippen LogP contribution is 2.23. The Kier molecular flexibility index (Phi) is 3.10. The maximum Gasteiger partial charge on any atom is 0.244 e. The minimum atomic E-state index is -0.374. The first-order valence-corrected chi connectivity index (χ1v) is 5.89. The van der Waals surface area contributed by atoms with Crippen LogP contribution in [0.4, 0.5) is 0 Å². The molecule has 0 aromatic carbocycles. The van der Waals surface area contributed by atoms with Crippen LogP contribution in [0, 0.1) is 0 Å². The van der Waals surface area contributed by atoms with Gasteiger partial charge in [-0.05, 0) is 12.5 Å². The smallest absolute Gasteiger partial charge is 0.244 e. The fraction of sp³-hybridized carbons (Fsp3) is 0.455. The Morgan fingerprint density at radius 2 is 2.32 bits per heavy atom. The highest BCUT2D eigenvalue weighted by atomic mass is 16.5. The number of aliphatic hydroxyl groups is 1. The summed E-state index contributed by atoms with van der Waals surface area (Å²) in [4.78, 5) is 4.26. The highest BCUT2D eigenvalue weighted by Gasteiger charge is 2.28. The van der Waals surface area contributed by atoms with Crippen LogP contribution >= 0.6 is 0 Å². The minimum Gasteiger partial charge on any atom is -0.480 e. The van der Waals surface area contributed by atoms with Gasteiger partial charge in [0.25, 0.3) is 0 Å². The molecule has 0 unspecified atom stereocenters. The Balaban J connectivity index is 1.80. The average Bonchev–Trinajstić information content (AvgIpc) is 3.07. The molecule has 2 N–H and O–H groups in total. The van der Waals surface area contributed by atoms with Crippen LogP contribution in [0.5, 0.6) is 5.88 Å². The lowest BCUT2D eigenvalue weighted by atomic mass is 10.2. The predicted octanol–water partition coefficient (Wildman–Crippen LogP) is -0.0695. The summed E-state index contributed by atoms with van der Waals surface area (Å²) in [5, 5.41) is 24.2. The van der Waals surface area contributed by atoms with E-state index in [1.165, 1.54) is 7.11 Å². The number of nitrogens with one attached hydrogen (secondary N) is 1. The summed E-state index contributed by atoms with van der Waals surface area (Å²) in [6.45, 7) is 0.532. The molecule has 2 aromatic rings. The van der Waals surface area contributed by atoms with Crippen molar-refractivity contribution in [3.05, 3.63) is 18.0 Å². The van der Waals surface area contributed by atoms with Crippen molar-refractivity contribution in [1.29, 1.82) is 0 Å². The summed E-state index contributed by atoms with van der Waals surface area (Å²) in [5.41, 5.74) is 0.509. The van der Waals surface area contributed by atoms with Gasteiger partial charge in [0, 0.05) is 12.6 Å². The van der Waals surface area contributed by atoms with Crippen LogP contribution < -0.4 is 10.1 Å². The van der Waals surface area contributed by atoms with Gasteiger partial charge in [0.05, 0.1) is 19.3 Å². The molecule has 2 aromatic heterocycles. The van der Waals surface area contributed by atoms with Crippen LogP contribution in [0.25, 0.3) is 11.5 Å². The molecule has 1 aliphatic rings. The molecule has 19 heavy (non-hydrogen) atoms. The fourth-order valence-electron chi connectivity index (χ4n) is 1.93. The molecule has 0 radical (unpaired) electrons. The molecular weight excluding hydrogens is 250 g/mol. The summed E-state index contributed by atoms with van der Waals surface area (Å²) in [6.07, 6.45) is 0.191. The normalized spacial score (nSPS) is 22.6. The number of nitrogens with zero attached hydrogens (tertiary/aromatic N) is 4. The van der Waals surface area contributed by atoms with E-state index < -0.39 is 0 Å². The van der Waals surface area contributed by atoms with Gasteiger partial charge >= 0.3 is 0 Å². The van der Waals surface area contributed by atoms with Crippen molar-refractivity contribution in [2.45, 2.75) is 18.6 Å². The van der Waals surface area contributed by atoms with Gasteiger partial charge in [-0.25, -0.2) is 0 Å². The average molecular weight is 263 g/mol. The van der Waals surface area contributed by atoms with Gasteiger partial charge in [-0.2, -0.15) is 4.98 Å². The van der Waals surface area contributed by atoms with Crippen LogP contribution in [0.3, 0.4) is 0 Å². The summed E-state index contributed by atoms with van der Waals surface area (Å²) in [6, 6.07) is 3.27. The van der Waals surface area contributed by atoms with Gasteiger partial charge in [-0.15, -0.1) is 10.2 Å². The quantitative estimate of drug-likeness (QED) is 0.792. The first-order chi connectivity index (χ1) is 9.26. The molecule has 100 valence electrons. The second-order valence-corrected chi connectivity index (χ2v) is 4.27. The topological polar surface area (TPSA) is 106 Å². The zero-order chi connectivity index (χ0) is 13.2. The monoisotopic (exact) mass is 263 g/mol. The maximum atomic E-state index is 9.45. The molecule has 2 atom stereocenters. The Bertz CT molecular complexity index is 556. The number of β-amino-alcohol motifs (C(OH)–C–C–N with tert-alkyl or cyclic N) is 1. The molecule has 0 bridgehead atoms. The van der Waals surface area contributed by atoms with E-state index in [4.69, 9.17) is 9.26 Å². The second-order valence-electron chi connectivity index (χ2n) is 4.27. The number of methoxy groups -OCH3 is 1. The van der Waals surface area contributed by atoms with Crippen molar-refractivity contribution >= 4 is 0 Å². The second kappa shape index (κ2) is 4.90. The van der Waals surface area contributed by atoms with Gasteiger partial charge in [0.2, 0.25) is 17.6 Å². The number of ether oxygens (including phenoxy) is 1. The lowest BCUT2D eigenvalue weighted by molar-refractivity contribution is 0.191. The van der Waals surface area contributed by atoms with Crippen molar-refractivity contribution in [2.75, 3.05) is 13.7 Å². The van der Waals surface area contributed by atoms with Gasteiger partial charge in [-0.1, -0.05) is 5.16 Å². The number of hydrogen-bond donors (Lipinski definition) is 2. The third-order valence-corrected chi connectivity index (χ3v) is 2.93. The molecule has 0 spiro atoms. The molecular formula is C11H13N5O3. The van der Waals surface area contributed by atoms with Crippen LogP contribution in [-0.4, -0.2) is 45.2 Å². The Morgan fingerprint density at radius 3 is 2.95 bits per heavy atom. The molecule has 0 aliphatic carbocycles. The van der Waals surface area contributed by atoms with Crippen molar-refractivity contribution in [3.63, 3.8) is 0 Å². The van der Waals surface area contributed by atoms with E-state index in [9.17, 15) is 5.11 Å². The standard InChI is InChI=1S/C11H13N5O3/c1-18-9-3-2-7(14-15-9)10-13-11(19-16-10)8-4-6(17)5-12-8/h2-3,6,8,12,17H,4-5H2,1H3/t6-,8-/m0/s1. The minimum absolute atomic E-state index is 0.109. The number of hydrogen-bond acceptors (Lipinski definition) is 8. The third-order valence-electron chi connectivity index (χ3n) is 2.93. The van der Waals surface area contributed by atoms with E-state index in [1.54, 1.807) is 12.1 Å². The molecule has 0 amide bonds. The van der Waals surface area contributed by atoms with E-state index in [0.717, 1.165) is 0 Å². The molecule has 1 aliphatic heterocycles. The molecule has 1 fully saturated rings. The van der Waals surface area contributed by atoms with Crippen LogP contribution in [0.1, 0.15) is 18.4 Å². The zero-order valence-corrected chi connectivity index (χ0v) is 10.3. The maximum absolute atomic E-state index is 9.45. The van der Waals surface area contributed by atoms with E-state index in [-0.39, 0.29) is 12.1 Å². The molecule has 8 nitrogen and oxygen atoms in total. The SMILES string of the molecule is COc1ccc(-c2noc([C@@H]3C[C@H](O)CN3)n2)nn1. The van der Waals surface area contributed by atoms with Crippen molar-refractivity contribution in [3.8, 4) is 17.4 Å². The van der Waals surface area contributed by atoms with Crippen LogP contribution in [0.15, 0.2) is 16.7 Å². The van der Waals surface area contributed by atoms with E-state index in [2.05, 4.69) is 25.7 Å². The molecule has 3 heterocycles. The number of aromatic nitrogens is 4. The first kappa shape index (κ1) is 12.0. The lowest BCUT2D eigenvalue weighted by Gasteiger charge is -2.01. The van der Waals surface area contributed by atoms with Crippen molar-refractivity contribution in [2.24, 2.45) is 0 Å². The Labute approximate surface area is 108 Å². The Morgan fingerprint density at radius 1 is 1.42 bits per heavy atom. The van der Waals surface area contributed by atoms with Gasteiger partial charge in [-0.3, -0.25) is 0 Å². The summed E-state index contributed by atoms with van der Waals surface area (Å²) >= 11 is 0. The lowest BCUT2D eigenvalue weighted by Crippen LogP contribution is -2.15. The largest absolute Gasteiger partial charge is 0.480 e. The fourth-order valence-corrected chi connectivity index (χ4v) is 1.93. The molecule has 8 heteroatoms. The van der Waals surface area contributed by atoms with Gasteiger partial charge in [0.15, 0.2) is 0 Å². The first-order valence-electron chi connectivity index (χ1n) is 5.89.